The number of nitrogens with zero attached hydrogens (tertiary/aromatic N) is 6. The second-order valence-electron chi connectivity index (χ2n) is 9.38. The van der Waals surface area contributed by atoms with Crippen molar-refractivity contribution in [2.75, 3.05) is 75.3 Å². The Bertz CT molecular complexity index is 1060. The lowest BCUT2D eigenvalue weighted by Gasteiger charge is -2.36. The number of rotatable bonds is 6. The quantitative estimate of drug-likeness (QED) is 0.609. The summed E-state index contributed by atoms with van der Waals surface area (Å²) >= 11 is 0. The van der Waals surface area contributed by atoms with Crippen LogP contribution < -0.4 is 9.80 Å². The molecule has 0 radical (unpaired) electrons. The fraction of sp³-hybridized carbons (Fsp3) is 0.583. The van der Waals surface area contributed by atoms with Gasteiger partial charge in [-0.25, -0.2) is 8.42 Å². The first-order chi connectivity index (χ1) is 16.5. The van der Waals surface area contributed by atoms with Crippen LogP contribution in [-0.2, 0) is 14.8 Å². The summed E-state index contributed by atoms with van der Waals surface area (Å²) in [4.78, 5) is 7.24. The molecule has 0 spiro atoms. The number of hydrogen-bond donors (Lipinski definition) is 0. The minimum absolute atomic E-state index is 0.362. The van der Waals surface area contributed by atoms with Crippen LogP contribution in [0.15, 0.2) is 41.3 Å². The smallest absolute Gasteiger partial charge is 0.243 e. The third-order valence-corrected chi connectivity index (χ3v) is 8.90. The molecular weight excluding hydrogens is 452 g/mol. The standard InChI is InChI=1S/C24H34N6O3S/c1-20-4-2-6-22(18-20)34(31,32)30-15-13-29(14-16-30)24-8-7-23(25-26-24)28-11-9-27(10-12-28)19-21-5-3-17-33-21/h2,4,6-8,18,21H,3,5,9-17,19H2,1H3. The van der Waals surface area contributed by atoms with E-state index in [4.69, 9.17) is 4.74 Å². The molecule has 4 heterocycles. The topological polar surface area (TPSA) is 82.1 Å². The van der Waals surface area contributed by atoms with Crippen molar-refractivity contribution in [3.05, 3.63) is 42.0 Å². The van der Waals surface area contributed by atoms with Crippen molar-refractivity contribution in [2.24, 2.45) is 0 Å². The van der Waals surface area contributed by atoms with E-state index in [-0.39, 0.29) is 0 Å². The second kappa shape index (κ2) is 10.2. The molecule has 1 aromatic heterocycles. The lowest BCUT2D eigenvalue weighted by Crippen LogP contribution is -2.49. The van der Waals surface area contributed by atoms with E-state index in [1.165, 1.54) is 12.8 Å². The predicted octanol–water partition coefficient (Wildman–Crippen LogP) is 1.60. The van der Waals surface area contributed by atoms with Gasteiger partial charge in [-0.3, -0.25) is 4.90 Å². The molecule has 3 aliphatic rings. The van der Waals surface area contributed by atoms with E-state index in [9.17, 15) is 8.42 Å². The lowest BCUT2D eigenvalue weighted by atomic mass is 10.2. The maximum absolute atomic E-state index is 13.0. The molecule has 1 atom stereocenters. The van der Waals surface area contributed by atoms with Gasteiger partial charge in [-0.2, -0.15) is 4.31 Å². The molecule has 3 aliphatic heterocycles. The van der Waals surface area contributed by atoms with Gasteiger partial charge in [-0.1, -0.05) is 12.1 Å². The molecule has 0 N–H and O–H groups in total. The molecule has 34 heavy (non-hydrogen) atoms. The van der Waals surface area contributed by atoms with Gasteiger partial charge in [-0.15, -0.1) is 10.2 Å². The molecule has 9 nitrogen and oxygen atoms in total. The molecule has 1 aromatic carbocycles. The summed E-state index contributed by atoms with van der Waals surface area (Å²) in [6.45, 7) is 9.83. The van der Waals surface area contributed by atoms with Gasteiger partial charge in [0.05, 0.1) is 11.0 Å². The van der Waals surface area contributed by atoms with Crippen molar-refractivity contribution in [1.82, 2.24) is 19.4 Å². The number of aromatic nitrogens is 2. The summed E-state index contributed by atoms with van der Waals surface area (Å²) < 4.78 is 33.3. The van der Waals surface area contributed by atoms with Gasteiger partial charge in [0, 0.05) is 65.5 Å². The third kappa shape index (κ3) is 5.19. The first kappa shape index (κ1) is 23.5. The Labute approximate surface area is 202 Å². The van der Waals surface area contributed by atoms with Crippen molar-refractivity contribution in [2.45, 2.75) is 30.8 Å². The Hall–Kier alpha value is -2.27. The fourth-order valence-corrected chi connectivity index (χ4v) is 6.50. The maximum Gasteiger partial charge on any atom is 0.243 e. The van der Waals surface area contributed by atoms with E-state index in [0.29, 0.717) is 37.2 Å². The molecule has 10 heteroatoms. The van der Waals surface area contributed by atoms with E-state index >= 15 is 0 Å². The van der Waals surface area contributed by atoms with Crippen molar-refractivity contribution < 1.29 is 13.2 Å². The molecule has 2 aromatic rings. The molecule has 0 aliphatic carbocycles. The Balaban J connectivity index is 1.13. The minimum atomic E-state index is -3.47. The molecule has 184 valence electrons. The molecule has 0 saturated carbocycles. The Morgan fingerprint density at radius 2 is 1.56 bits per heavy atom. The van der Waals surface area contributed by atoms with Crippen LogP contribution >= 0.6 is 0 Å². The zero-order valence-corrected chi connectivity index (χ0v) is 20.7. The van der Waals surface area contributed by atoms with Crippen LogP contribution in [0.3, 0.4) is 0 Å². The Kier molecular flexibility index (Phi) is 7.01. The normalized spacial score (nSPS) is 22.9. The van der Waals surface area contributed by atoms with Crippen LogP contribution in [0.25, 0.3) is 0 Å². The summed E-state index contributed by atoms with van der Waals surface area (Å²) in [6, 6.07) is 11.1. The van der Waals surface area contributed by atoms with Gasteiger partial charge >= 0.3 is 0 Å². The maximum atomic E-state index is 13.0. The van der Waals surface area contributed by atoms with Crippen molar-refractivity contribution in [3.8, 4) is 0 Å². The summed E-state index contributed by atoms with van der Waals surface area (Å²) in [5, 5.41) is 8.96. The highest BCUT2D eigenvalue weighted by Gasteiger charge is 2.29. The number of piperazine rings is 2. The SMILES string of the molecule is Cc1cccc(S(=O)(=O)N2CCN(c3ccc(N4CCN(CC5CCCO5)CC4)nn3)CC2)c1. The highest BCUT2D eigenvalue weighted by atomic mass is 32.2. The molecule has 3 saturated heterocycles. The summed E-state index contributed by atoms with van der Waals surface area (Å²) in [5.41, 5.74) is 0.944. The summed E-state index contributed by atoms with van der Waals surface area (Å²) in [6.07, 6.45) is 2.77. The molecule has 0 bridgehead atoms. The second-order valence-corrected chi connectivity index (χ2v) is 11.3. The highest BCUT2D eigenvalue weighted by Crippen LogP contribution is 2.22. The van der Waals surface area contributed by atoms with E-state index < -0.39 is 10.0 Å². The van der Waals surface area contributed by atoms with E-state index in [1.807, 2.05) is 25.1 Å². The molecule has 1 unspecified atom stereocenters. The van der Waals surface area contributed by atoms with Crippen molar-refractivity contribution >= 4 is 21.7 Å². The van der Waals surface area contributed by atoms with Crippen LogP contribution in [0.4, 0.5) is 11.6 Å². The fourth-order valence-electron chi connectivity index (χ4n) is 4.97. The number of hydrogen-bond acceptors (Lipinski definition) is 8. The van der Waals surface area contributed by atoms with Crippen molar-refractivity contribution in [3.63, 3.8) is 0 Å². The number of ether oxygens (including phenoxy) is 1. The highest BCUT2D eigenvalue weighted by molar-refractivity contribution is 7.89. The van der Waals surface area contributed by atoms with E-state index in [0.717, 1.165) is 56.5 Å². The van der Waals surface area contributed by atoms with Gasteiger partial charge in [0.1, 0.15) is 0 Å². The van der Waals surface area contributed by atoms with Crippen LogP contribution in [0.2, 0.25) is 0 Å². The molecule has 5 rings (SSSR count). The van der Waals surface area contributed by atoms with Gasteiger partial charge < -0.3 is 14.5 Å². The average Bonchev–Trinajstić information content (AvgIpc) is 3.38. The number of benzene rings is 1. The number of aryl methyl sites for hydroxylation is 1. The van der Waals surface area contributed by atoms with Crippen LogP contribution in [0, 0.1) is 6.92 Å². The zero-order chi connectivity index (χ0) is 23.5. The first-order valence-corrected chi connectivity index (χ1v) is 13.7. The van der Waals surface area contributed by atoms with Crippen molar-refractivity contribution in [1.29, 1.82) is 0 Å². The third-order valence-electron chi connectivity index (χ3n) is 7.01. The van der Waals surface area contributed by atoms with Gasteiger partial charge in [0.15, 0.2) is 11.6 Å². The lowest BCUT2D eigenvalue weighted by molar-refractivity contribution is 0.0712. The monoisotopic (exact) mass is 486 g/mol. The van der Waals surface area contributed by atoms with E-state index in [2.05, 4.69) is 24.9 Å². The van der Waals surface area contributed by atoms with Gasteiger partial charge in [-0.05, 0) is 49.6 Å². The predicted molar refractivity (Wildman–Crippen MR) is 132 cm³/mol. The Morgan fingerprint density at radius 1 is 0.912 bits per heavy atom. The van der Waals surface area contributed by atoms with Gasteiger partial charge in [0.2, 0.25) is 10.0 Å². The summed E-state index contributed by atoms with van der Waals surface area (Å²) in [5.74, 6) is 1.70. The van der Waals surface area contributed by atoms with Crippen LogP contribution in [-0.4, -0.2) is 99.4 Å². The van der Waals surface area contributed by atoms with Crippen LogP contribution in [0.5, 0.6) is 0 Å². The zero-order valence-electron chi connectivity index (χ0n) is 19.8. The molecule has 3 fully saturated rings. The first-order valence-electron chi connectivity index (χ1n) is 12.2. The van der Waals surface area contributed by atoms with E-state index in [1.54, 1.807) is 22.5 Å². The van der Waals surface area contributed by atoms with Gasteiger partial charge in [0.25, 0.3) is 0 Å². The largest absolute Gasteiger partial charge is 0.377 e. The average molecular weight is 487 g/mol. The minimum Gasteiger partial charge on any atom is -0.377 e. The Morgan fingerprint density at radius 3 is 2.12 bits per heavy atom. The molecule has 0 amide bonds. The number of sulfonamides is 1. The number of anilines is 2. The molecular formula is C24H34N6O3S. The van der Waals surface area contributed by atoms with Crippen LogP contribution in [0.1, 0.15) is 18.4 Å². The summed E-state index contributed by atoms with van der Waals surface area (Å²) in [7, 11) is -3.47.